The topological polar surface area (TPSA) is 84.2 Å². The second kappa shape index (κ2) is 14.0. The first-order chi connectivity index (χ1) is 18.2. The van der Waals surface area contributed by atoms with E-state index in [9.17, 15) is 9.59 Å². The Labute approximate surface area is 233 Å². The first-order valence-electron chi connectivity index (χ1n) is 12.3. The lowest BCUT2D eigenvalue weighted by Crippen LogP contribution is -2.48. The van der Waals surface area contributed by atoms with Gasteiger partial charge in [0.05, 0.1) is 37.1 Å². The highest BCUT2D eigenvalue weighted by Gasteiger charge is 2.25. The number of halogens is 2. The Kier molecular flexibility index (Phi) is 10.7. The predicted molar refractivity (Wildman–Crippen MR) is 149 cm³/mol. The van der Waals surface area contributed by atoms with Crippen molar-refractivity contribution in [1.82, 2.24) is 9.80 Å². The van der Waals surface area contributed by atoms with Gasteiger partial charge in [0, 0.05) is 18.3 Å². The number of nitrogens with zero attached hydrogens (tertiary/aromatic N) is 2. The van der Waals surface area contributed by atoms with Gasteiger partial charge in [-0.1, -0.05) is 36.2 Å². The van der Waals surface area contributed by atoms with Crippen LogP contribution < -0.4 is 14.8 Å². The Balaban J connectivity index is 1.76. The summed E-state index contributed by atoms with van der Waals surface area (Å²) in [5.41, 5.74) is 1.47. The van der Waals surface area contributed by atoms with E-state index in [0.717, 1.165) is 5.56 Å². The molecule has 0 aliphatic carbocycles. The molecule has 3 aromatic rings. The van der Waals surface area contributed by atoms with Gasteiger partial charge in [-0.05, 0) is 67.8 Å². The van der Waals surface area contributed by atoms with Crippen molar-refractivity contribution in [2.24, 2.45) is 0 Å². The molecule has 1 aromatic heterocycles. The molecule has 3 rings (SSSR count). The molecule has 10 heteroatoms. The quantitative estimate of drug-likeness (QED) is 0.272. The van der Waals surface area contributed by atoms with Crippen LogP contribution in [-0.2, 0) is 17.8 Å². The maximum absolute atomic E-state index is 13.6. The van der Waals surface area contributed by atoms with Crippen molar-refractivity contribution in [3.8, 4) is 11.5 Å². The van der Waals surface area contributed by atoms with Crippen molar-refractivity contribution >= 4 is 40.8 Å². The fraction of sp³-hybridized carbons (Fsp3) is 0.357. The fourth-order valence-corrected chi connectivity index (χ4v) is 4.14. The molecule has 2 aromatic carbocycles. The maximum Gasteiger partial charge on any atom is 0.322 e. The van der Waals surface area contributed by atoms with E-state index in [4.69, 9.17) is 37.1 Å². The molecule has 0 aliphatic rings. The van der Waals surface area contributed by atoms with Gasteiger partial charge in [-0.3, -0.25) is 4.79 Å². The van der Waals surface area contributed by atoms with Crippen LogP contribution in [0.5, 0.6) is 11.5 Å². The zero-order chi connectivity index (χ0) is 27.7. The SMILES string of the molecule is CCC(C)N(CC(=O)N(CCc1ccc(OC)c(OC)c1)Cc1ccco1)C(=O)Nc1ccc(Cl)c(Cl)c1. The van der Waals surface area contributed by atoms with Crippen molar-refractivity contribution in [1.29, 1.82) is 0 Å². The third-order valence-corrected chi connectivity index (χ3v) is 7.00. The minimum Gasteiger partial charge on any atom is -0.493 e. The summed E-state index contributed by atoms with van der Waals surface area (Å²) in [6.07, 6.45) is 2.82. The number of anilines is 1. The second-order valence-corrected chi connectivity index (χ2v) is 9.59. The molecule has 0 saturated heterocycles. The Morgan fingerprint density at radius 1 is 1.03 bits per heavy atom. The Hall–Kier alpha value is -3.36. The zero-order valence-electron chi connectivity index (χ0n) is 22.0. The summed E-state index contributed by atoms with van der Waals surface area (Å²) < 4.78 is 16.2. The number of rotatable bonds is 12. The van der Waals surface area contributed by atoms with E-state index in [1.807, 2.05) is 38.1 Å². The zero-order valence-corrected chi connectivity index (χ0v) is 23.5. The van der Waals surface area contributed by atoms with Crippen LogP contribution >= 0.6 is 23.2 Å². The van der Waals surface area contributed by atoms with Crippen LogP contribution in [0.15, 0.2) is 59.2 Å². The minimum absolute atomic E-state index is 0.102. The molecule has 0 saturated carbocycles. The molecular formula is C28H33Cl2N3O5. The van der Waals surface area contributed by atoms with E-state index in [1.165, 1.54) is 4.90 Å². The molecule has 204 valence electrons. The molecule has 0 aliphatic heterocycles. The lowest BCUT2D eigenvalue weighted by Gasteiger charge is -2.31. The van der Waals surface area contributed by atoms with E-state index in [1.54, 1.807) is 49.6 Å². The van der Waals surface area contributed by atoms with Gasteiger partial charge in [-0.2, -0.15) is 0 Å². The number of urea groups is 1. The van der Waals surface area contributed by atoms with Crippen LogP contribution in [0.4, 0.5) is 10.5 Å². The average molecular weight is 562 g/mol. The highest BCUT2D eigenvalue weighted by atomic mass is 35.5. The summed E-state index contributed by atoms with van der Waals surface area (Å²) >= 11 is 12.1. The molecule has 0 fully saturated rings. The summed E-state index contributed by atoms with van der Waals surface area (Å²) in [5, 5.41) is 3.54. The molecule has 0 radical (unpaired) electrons. The Morgan fingerprint density at radius 2 is 1.79 bits per heavy atom. The van der Waals surface area contributed by atoms with Crippen molar-refractivity contribution in [3.05, 3.63) is 76.2 Å². The summed E-state index contributed by atoms with van der Waals surface area (Å²) in [7, 11) is 3.17. The lowest BCUT2D eigenvalue weighted by atomic mass is 10.1. The number of methoxy groups -OCH3 is 2. The maximum atomic E-state index is 13.6. The third kappa shape index (κ3) is 7.82. The van der Waals surface area contributed by atoms with E-state index in [-0.39, 0.29) is 25.0 Å². The fourth-order valence-electron chi connectivity index (χ4n) is 3.85. The molecule has 8 nitrogen and oxygen atoms in total. The standard InChI is InChI=1S/C28H33Cl2N3O5/c1-5-19(2)33(28(35)31-21-9-10-23(29)24(30)16-21)18-27(34)32(17-22-7-6-14-38-22)13-12-20-8-11-25(36-3)26(15-20)37-4/h6-11,14-16,19H,5,12-13,17-18H2,1-4H3,(H,31,35). The van der Waals surface area contributed by atoms with Gasteiger partial charge in [-0.15, -0.1) is 0 Å². The van der Waals surface area contributed by atoms with Gasteiger partial charge < -0.3 is 29.0 Å². The average Bonchev–Trinajstić information content (AvgIpc) is 3.44. The van der Waals surface area contributed by atoms with Crippen LogP contribution in [0.25, 0.3) is 0 Å². The van der Waals surface area contributed by atoms with Crippen molar-refractivity contribution < 1.29 is 23.5 Å². The summed E-state index contributed by atoms with van der Waals surface area (Å²) in [4.78, 5) is 30.0. The first kappa shape index (κ1) is 29.2. The van der Waals surface area contributed by atoms with E-state index in [0.29, 0.717) is 52.4 Å². The number of hydrogen-bond donors (Lipinski definition) is 1. The molecule has 0 bridgehead atoms. The third-order valence-electron chi connectivity index (χ3n) is 6.26. The van der Waals surface area contributed by atoms with Crippen LogP contribution in [-0.4, -0.2) is 55.1 Å². The summed E-state index contributed by atoms with van der Waals surface area (Å²) in [5.74, 6) is 1.71. The molecule has 1 heterocycles. The van der Waals surface area contributed by atoms with E-state index >= 15 is 0 Å². The number of hydrogen-bond acceptors (Lipinski definition) is 5. The number of nitrogens with one attached hydrogen (secondary N) is 1. The summed E-state index contributed by atoms with van der Waals surface area (Å²) in [6, 6.07) is 13.5. The number of ether oxygens (including phenoxy) is 2. The molecule has 3 amide bonds. The normalized spacial score (nSPS) is 11.5. The van der Waals surface area contributed by atoms with E-state index in [2.05, 4.69) is 5.32 Å². The molecular weight excluding hydrogens is 529 g/mol. The van der Waals surface area contributed by atoms with Gasteiger partial charge in [0.1, 0.15) is 12.3 Å². The molecule has 1 atom stereocenters. The molecule has 38 heavy (non-hydrogen) atoms. The Morgan fingerprint density at radius 3 is 2.42 bits per heavy atom. The van der Waals surface area contributed by atoms with Gasteiger partial charge in [0.15, 0.2) is 11.5 Å². The number of carbonyl (C=O) groups is 2. The van der Waals surface area contributed by atoms with Crippen LogP contribution in [0, 0.1) is 0 Å². The molecule has 1 unspecified atom stereocenters. The monoisotopic (exact) mass is 561 g/mol. The second-order valence-electron chi connectivity index (χ2n) is 8.78. The van der Waals surface area contributed by atoms with Crippen molar-refractivity contribution in [2.45, 2.75) is 39.3 Å². The molecule has 1 N–H and O–H groups in total. The Bertz CT molecular complexity index is 1220. The lowest BCUT2D eigenvalue weighted by molar-refractivity contribution is -0.133. The van der Waals surface area contributed by atoms with Crippen molar-refractivity contribution in [2.75, 3.05) is 32.6 Å². The smallest absolute Gasteiger partial charge is 0.322 e. The van der Waals surface area contributed by atoms with Crippen LogP contribution in [0.3, 0.4) is 0 Å². The predicted octanol–water partition coefficient (Wildman–Crippen LogP) is 6.51. The number of amides is 3. The number of carbonyl (C=O) groups excluding carboxylic acids is 2. The van der Waals surface area contributed by atoms with Crippen LogP contribution in [0.2, 0.25) is 10.0 Å². The van der Waals surface area contributed by atoms with Gasteiger partial charge in [-0.25, -0.2) is 4.79 Å². The highest BCUT2D eigenvalue weighted by molar-refractivity contribution is 6.42. The number of benzene rings is 2. The van der Waals surface area contributed by atoms with Crippen molar-refractivity contribution in [3.63, 3.8) is 0 Å². The molecule has 0 spiro atoms. The van der Waals surface area contributed by atoms with Gasteiger partial charge in [0.25, 0.3) is 0 Å². The van der Waals surface area contributed by atoms with E-state index < -0.39 is 6.03 Å². The minimum atomic E-state index is -0.399. The summed E-state index contributed by atoms with van der Waals surface area (Å²) in [6.45, 7) is 4.46. The first-order valence-corrected chi connectivity index (χ1v) is 13.0. The van der Waals surface area contributed by atoms with Crippen LogP contribution in [0.1, 0.15) is 31.6 Å². The number of furan rings is 1. The largest absolute Gasteiger partial charge is 0.493 e. The highest BCUT2D eigenvalue weighted by Crippen LogP contribution is 2.28. The van der Waals surface area contributed by atoms with Gasteiger partial charge >= 0.3 is 6.03 Å². The van der Waals surface area contributed by atoms with Gasteiger partial charge in [0.2, 0.25) is 5.91 Å².